The molecule has 1 saturated heterocycles. The van der Waals surface area contributed by atoms with Crippen LogP contribution in [0.5, 0.6) is 5.75 Å². The van der Waals surface area contributed by atoms with Gasteiger partial charge in [0.1, 0.15) is 11.4 Å². The summed E-state index contributed by atoms with van der Waals surface area (Å²) in [5, 5.41) is 16.3. The molecule has 0 bridgehead atoms. The zero-order valence-electron chi connectivity index (χ0n) is 21.7. The van der Waals surface area contributed by atoms with Crippen LogP contribution in [0.2, 0.25) is 0 Å². The molecule has 2 aromatic carbocycles. The molecule has 0 aliphatic carbocycles. The van der Waals surface area contributed by atoms with Crippen LogP contribution < -0.4 is 15.0 Å². The maximum Gasteiger partial charge on any atom is 0.294 e. The third-order valence-electron chi connectivity index (χ3n) is 7.10. The Morgan fingerprint density at radius 2 is 2.03 bits per heavy atom. The van der Waals surface area contributed by atoms with E-state index in [0.717, 1.165) is 47.2 Å². The van der Waals surface area contributed by atoms with Gasteiger partial charge in [-0.05, 0) is 39.1 Å². The molecule has 1 N–H and O–H groups in total. The first-order valence-corrected chi connectivity index (χ1v) is 12.2. The number of methoxy groups -OCH3 is 1. The van der Waals surface area contributed by atoms with E-state index < -0.39 is 0 Å². The molecule has 3 heterocycles. The van der Waals surface area contributed by atoms with E-state index in [2.05, 4.69) is 43.0 Å². The third kappa shape index (κ3) is 4.55. The van der Waals surface area contributed by atoms with Crippen LogP contribution in [0, 0.1) is 17.0 Å². The SMILES string of the molecule is COc1cc(N2CC[C@@H](N(C)C)C2)c([N+](=O)[O-])cc1Nc1ncc(C)c(-c2cn(C)c3ccccc23)n1. The molecule has 1 atom stereocenters. The number of nitrogens with zero attached hydrogens (tertiary/aromatic N) is 6. The van der Waals surface area contributed by atoms with Crippen LogP contribution >= 0.6 is 0 Å². The van der Waals surface area contributed by atoms with Gasteiger partial charge in [0.25, 0.3) is 5.69 Å². The fraction of sp³-hybridized carbons (Fsp3) is 0.333. The van der Waals surface area contributed by atoms with Crippen LogP contribution in [0.25, 0.3) is 22.2 Å². The van der Waals surface area contributed by atoms with Crippen LogP contribution in [0.4, 0.5) is 23.0 Å². The molecule has 192 valence electrons. The maximum atomic E-state index is 12.1. The largest absolute Gasteiger partial charge is 0.494 e. The van der Waals surface area contributed by atoms with Gasteiger partial charge in [-0.25, -0.2) is 9.97 Å². The average molecular weight is 502 g/mol. The van der Waals surface area contributed by atoms with E-state index in [1.165, 1.54) is 6.07 Å². The van der Waals surface area contributed by atoms with E-state index in [1.54, 1.807) is 19.4 Å². The molecule has 5 rings (SSSR count). The van der Waals surface area contributed by atoms with Crippen molar-refractivity contribution < 1.29 is 9.66 Å². The van der Waals surface area contributed by atoms with Crippen LogP contribution in [0.15, 0.2) is 48.8 Å². The number of ether oxygens (including phenoxy) is 1. The molecule has 37 heavy (non-hydrogen) atoms. The zero-order valence-corrected chi connectivity index (χ0v) is 21.7. The molecule has 0 saturated carbocycles. The van der Waals surface area contributed by atoms with Gasteiger partial charge in [0.05, 0.1) is 23.4 Å². The number of hydrogen-bond donors (Lipinski definition) is 1. The van der Waals surface area contributed by atoms with Gasteiger partial charge in [0, 0.05) is 67.2 Å². The van der Waals surface area contributed by atoms with Crippen molar-refractivity contribution in [3.05, 3.63) is 64.5 Å². The van der Waals surface area contributed by atoms with Crippen LogP contribution in [0.3, 0.4) is 0 Å². The topological polar surface area (TPSA) is 102 Å². The van der Waals surface area contributed by atoms with Crippen molar-refractivity contribution in [2.24, 2.45) is 7.05 Å². The lowest BCUT2D eigenvalue weighted by Gasteiger charge is -2.23. The van der Waals surface area contributed by atoms with E-state index in [4.69, 9.17) is 9.72 Å². The first-order valence-electron chi connectivity index (χ1n) is 12.2. The summed E-state index contributed by atoms with van der Waals surface area (Å²) in [5.41, 5.74) is 4.84. The number of hydrogen-bond acceptors (Lipinski definition) is 8. The van der Waals surface area contributed by atoms with Crippen molar-refractivity contribution in [2.75, 3.05) is 44.5 Å². The van der Waals surface area contributed by atoms with Crippen molar-refractivity contribution in [3.63, 3.8) is 0 Å². The summed E-state index contributed by atoms with van der Waals surface area (Å²) in [5.74, 6) is 0.826. The molecule has 1 aliphatic heterocycles. The lowest BCUT2D eigenvalue weighted by Crippen LogP contribution is -2.31. The fourth-order valence-electron chi connectivity index (χ4n) is 5.03. The molecular weight excluding hydrogens is 470 g/mol. The summed E-state index contributed by atoms with van der Waals surface area (Å²) >= 11 is 0. The molecule has 0 spiro atoms. The molecule has 10 nitrogen and oxygen atoms in total. The molecule has 2 aromatic heterocycles. The van der Waals surface area contributed by atoms with E-state index in [1.807, 2.05) is 40.2 Å². The molecular formula is C27H31N7O3. The molecule has 4 aromatic rings. The number of anilines is 3. The van der Waals surface area contributed by atoms with Gasteiger partial charge in [0.2, 0.25) is 5.95 Å². The Labute approximate surface area is 215 Å². The highest BCUT2D eigenvalue weighted by Crippen LogP contribution is 2.41. The van der Waals surface area contributed by atoms with Crippen molar-refractivity contribution in [3.8, 4) is 17.0 Å². The number of benzene rings is 2. The van der Waals surface area contributed by atoms with Crippen molar-refractivity contribution in [2.45, 2.75) is 19.4 Å². The summed E-state index contributed by atoms with van der Waals surface area (Å²) in [4.78, 5) is 25.2. The molecule has 1 fully saturated rings. The Hall–Kier alpha value is -4.18. The van der Waals surface area contributed by atoms with Crippen molar-refractivity contribution >= 4 is 33.9 Å². The highest BCUT2D eigenvalue weighted by molar-refractivity contribution is 5.96. The second kappa shape index (κ2) is 9.70. The molecule has 10 heteroatoms. The Kier molecular flexibility index (Phi) is 6.43. The Bertz CT molecular complexity index is 1480. The van der Waals surface area contributed by atoms with Gasteiger partial charge in [-0.1, -0.05) is 18.2 Å². The predicted octanol–water partition coefficient (Wildman–Crippen LogP) is 4.74. The summed E-state index contributed by atoms with van der Waals surface area (Å²) in [7, 11) is 7.63. The zero-order chi connectivity index (χ0) is 26.3. The van der Waals surface area contributed by atoms with E-state index in [-0.39, 0.29) is 10.6 Å². The number of rotatable bonds is 7. The summed E-state index contributed by atoms with van der Waals surface area (Å²) < 4.78 is 7.72. The first kappa shape index (κ1) is 24.5. The number of aromatic nitrogens is 3. The lowest BCUT2D eigenvalue weighted by atomic mass is 10.1. The van der Waals surface area contributed by atoms with E-state index >= 15 is 0 Å². The fourth-order valence-corrected chi connectivity index (χ4v) is 5.03. The average Bonchev–Trinajstić information content (AvgIpc) is 3.51. The van der Waals surface area contributed by atoms with Crippen molar-refractivity contribution in [1.29, 1.82) is 0 Å². The molecule has 0 amide bonds. The van der Waals surface area contributed by atoms with Gasteiger partial charge < -0.3 is 24.4 Å². The summed E-state index contributed by atoms with van der Waals surface area (Å²) in [6.07, 6.45) is 4.76. The minimum Gasteiger partial charge on any atom is -0.494 e. The number of nitrogens with one attached hydrogen (secondary N) is 1. The van der Waals surface area contributed by atoms with E-state index in [9.17, 15) is 10.1 Å². The normalized spacial score (nSPS) is 15.5. The second-order valence-electron chi connectivity index (χ2n) is 9.67. The first-order chi connectivity index (χ1) is 17.8. The lowest BCUT2D eigenvalue weighted by molar-refractivity contribution is -0.384. The minimum atomic E-state index is -0.347. The van der Waals surface area contributed by atoms with Gasteiger partial charge in [-0.3, -0.25) is 10.1 Å². The van der Waals surface area contributed by atoms with Gasteiger partial charge in [-0.2, -0.15) is 0 Å². The molecule has 0 unspecified atom stereocenters. The quantitative estimate of drug-likeness (QED) is 0.286. The molecule has 0 radical (unpaired) electrons. The number of fused-ring (bicyclic) bond motifs is 1. The Morgan fingerprint density at radius 3 is 2.73 bits per heavy atom. The minimum absolute atomic E-state index is 0.0177. The predicted molar refractivity (Wildman–Crippen MR) is 146 cm³/mol. The second-order valence-corrected chi connectivity index (χ2v) is 9.67. The number of aryl methyl sites for hydroxylation is 2. The van der Waals surface area contributed by atoms with Crippen LogP contribution in [-0.2, 0) is 7.05 Å². The number of nitro benzene ring substituents is 1. The van der Waals surface area contributed by atoms with E-state index in [0.29, 0.717) is 29.1 Å². The smallest absolute Gasteiger partial charge is 0.294 e. The highest BCUT2D eigenvalue weighted by Gasteiger charge is 2.30. The van der Waals surface area contributed by atoms with Gasteiger partial charge >= 0.3 is 0 Å². The van der Waals surface area contributed by atoms with Crippen LogP contribution in [-0.4, -0.2) is 64.7 Å². The summed E-state index contributed by atoms with van der Waals surface area (Å²) in [6, 6.07) is 11.8. The number of likely N-dealkylation sites (N-methyl/N-ethyl adjacent to an activating group) is 1. The van der Waals surface area contributed by atoms with Crippen molar-refractivity contribution in [1.82, 2.24) is 19.4 Å². The van der Waals surface area contributed by atoms with Gasteiger partial charge in [-0.15, -0.1) is 0 Å². The standard InChI is InChI=1S/C27H31N7O3/c1-17-14-28-27(30-26(17)20-16-32(4)22-9-7-6-8-19(20)22)29-21-12-24(34(35)36)23(13-25(21)37-5)33-11-10-18(15-33)31(2)3/h6-9,12-14,16,18H,10-11,15H2,1-5H3,(H,28,29,30)/t18-/m1/s1. The van der Waals surface area contributed by atoms with Crippen LogP contribution in [0.1, 0.15) is 12.0 Å². The highest BCUT2D eigenvalue weighted by atomic mass is 16.6. The maximum absolute atomic E-state index is 12.1. The monoisotopic (exact) mass is 501 g/mol. The Morgan fingerprint density at radius 1 is 1.24 bits per heavy atom. The molecule has 1 aliphatic rings. The number of para-hydroxylation sites is 1. The van der Waals surface area contributed by atoms with Gasteiger partial charge in [0.15, 0.2) is 0 Å². The third-order valence-corrected chi connectivity index (χ3v) is 7.10. The number of nitro groups is 1. The Balaban J connectivity index is 1.52. The summed E-state index contributed by atoms with van der Waals surface area (Å²) in [6.45, 7) is 3.44.